The molecule has 2 aliphatic rings. The number of ether oxygens (including phenoxy) is 1. The number of benzene rings is 1. The normalized spacial score (nSPS) is 23.7. The highest BCUT2D eigenvalue weighted by Gasteiger charge is 2.61. The first-order valence-corrected chi connectivity index (χ1v) is 11.0. The van der Waals surface area contributed by atoms with Gasteiger partial charge in [0.05, 0.1) is 35.4 Å². The van der Waals surface area contributed by atoms with Crippen LogP contribution in [0.1, 0.15) is 80.2 Å². The van der Waals surface area contributed by atoms with Crippen LogP contribution in [-0.2, 0) is 16.8 Å². The highest BCUT2D eigenvalue weighted by atomic mass is 16.5. The highest BCUT2D eigenvalue weighted by Crippen LogP contribution is 2.66. The minimum absolute atomic E-state index is 0.0619. The number of carbonyl (C=O) groups is 1. The smallest absolute Gasteiger partial charge is 0.304 e. The van der Waals surface area contributed by atoms with Gasteiger partial charge in [-0.3, -0.25) is 14.8 Å². The van der Waals surface area contributed by atoms with E-state index in [0.29, 0.717) is 24.0 Å². The fourth-order valence-electron chi connectivity index (χ4n) is 5.49. The number of fused-ring (bicyclic) bond motifs is 5. The molecule has 3 unspecified atom stereocenters. The third-order valence-corrected chi connectivity index (χ3v) is 7.79. The maximum atomic E-state index is 11.3. The van der Waals surface area contributed by atoms with E-state index >= 15 is 0 Å². The zero-order valence-corrected chi connectivity index (χ0v) is 18.5. The number of rotatable bonds is 7. The average Bonchev–Trinajstić information content (AvgIpc) is 3.42. The van der Waals surface area contributed by atoms with E-state index in [4.69, 9.17) is 19.2 Å². The van der Waals surface area contributed by atoms with Crippen molar-refractivity contribution in [2.24, 2.45) is 5.41 Å². The Balaban J connectivity index is 1.30. The van der Waals surface area contributed by atoms with Crippen LogP contribution in [0.15, 0.2) is 47.3 Å². The second-order valence-electron chi connectivity index (χ2n) is 9.67. The van der Waals surface area contributed by atoms with Crippen molar-refractivity contribution in [3.63, 3.8) is 0 Å². The van der Waals surface area contributed by atoms with Gasteiger partial charge in [0.2, 0.25) is 0 Å². The number of aliphatic carboxylic acids is 1. The molecule has 0 radical (unpaired) electrons. The molecule has 5 rings (SSSR count). The molecule has 0 aliphatic heterocycles. The molecule has 2 bridgehead atoms. The van der Waals surface area contributed by atoms with Crippen LogP contribution in [0.3, 0.4) is 0 Å². The number of nitrogens with zero attached hydrogens (tertiary/aromatic N) is 3. The van der Waals surface area contributed by atoms with Gasteiger partial charge in [0, 0.05) is 23.3 Å². The summed E-state index contributed by atoms with van der Waals surface area (Å²) in [5.41, 5.74) is 4.81. The average molecular weight is 434 g/mol. The first-order valence-electron chi connectivity index (χ1n) is 11.0. The van der Waals surface area contributed by atoms with Gasteiger partial charge in [-0.2, -0.15) is 0 Å². The van der Waals surface area contributed by atoms with Gasteiger partial charge in [-0.05, 0) is 36.0 Å². The second kappa shape index (κ2) is 7.43. The Morgan fingerprint density at radius 3 is 2.72 bits per heavy atom. The van der Waals surface area contributed by atoms with Gasteiger partial charge in [-0.25, -0.2) is 0 Å². The fraction of sp³-hybridized carbons (Fsp3) is 0.440. The number of aromatic nitrogens is 3. The van der Waals surface area contributed by atoms with Crippen LogP contribution in [0.5, 0.6) is 5.75 Å². The van der Waals surface area contributed by atoms with Crippen LogP contribution >= 0.6 is 0 Å². The molecule has 7 nitrogen and oxygen atoms in total. The van der Waals surface area contributed by atoms with Crippen LogP contribution in [0.2, 0.25) is 0 Å². The van der Waals surface area contributed by atoms with Crippen LogP contribution in [-0.4, -0.2) is 26.2 Å². The van der Waals surface area contributed by atoms with Gasteiger partial charge < -0.3 is 14.4 Å². The highest BCUT2D eigenvalue weighted by molar-refractivity contribution is 5.68. The van der Waals surface area contributed by atoms with Crippen molar-refractivity contribution in [3.8, 4) is 5.75 Å². The van der Waals surface area contributed by atoms with E-state index in [1.165, 1.54) is 12.7 Å². The summed E-state index contributed by atoms with van der Waals surface area (Å²) in [5.74, 6) is -0.0826. The van der Waals surface area contributed by atoms with Crippen molar-refractivity contribution in [3.05, 3.63) is 71.1 Å². The summed E-state index contributed by atoms with van der Waals surface area (Å²) in [7, 11) is 0. The fourth-order valence-corrected chi connectivity index (χ4v) is 5.49. The van der Waals surface area contributed by atoms with Crippen molar-refractivity contribution in [2.45, 2.75) is 63.9 Å². The number of hydrogen-bond donors (Lipinski definition) is 1. The van der Waals surface area contributed by atoms with E-state index in [1.807, 2.05) is 30.5 Å². The Kier molecular flexibility index (Phi) is 4.80. The SMILES string of the molecule is CC12CCC(c3ncc(COc4ccc(C(CC(=O)O)c5ccon5)cc4)nc31)C2(C)C. The molecule has 0 spiro atoms. The van der Waals surface area contributed by atoms with Crippen LogP contribution in [0, 0.1) is 5.41 Å². The van der Waals surface area contributed by atoms with E-state index in [1.54, 1.807) is 6.07 Å². The number of carboxylic acids is 1. The molecule has 2 aliphatic carbocycles. The molecule has 1 N–H and O–H groups in total. The Morgan fingerprint density at radius 1 is 1.25 bits per heavy atom. The molecule has 3 atom stereocenters. The van der Waals surface area contributed by atoms with E-state index < -0.39 is 5.97 Å². The molecule has 2 aromatic heterocycles. The molecule has 3 aromatic rings. The molecule has 32 heavy (non-hydrogen) atoms. The molecule has 0 saturated heterocycles. The number of carboxylic acid groups (broad SMARTS) is 1. The summed E-state index contributed by atoms with van der Waals surface area (Å²) in [6, 6.07) is 9.12. The zero-order valence-electron chi connectivity index (χ0n) is 18.5. The lowest BCUT2D eigenvalue weighted by molar-refractivity contribution is -0.137. The molecule has 1 fully saturated rings. The largest absolute Gasteiger partial charge is 0.487 e. The minimum Gasteiger partial charge on any atom is -0.487 e. The summed E-state index contributed by atoms with van der Waals surface area (Å²) in [4.78, 5) is 21.0. The molecule has 1 aromatic carbocycles. The monoisotopic (exact) mass is 433 g/mol. The van der Waals surface area contributed by atoms with Crippen LogP contribution in [0.4, 0.5) is 0 Å². The van der Waals surface area contributed by atoms with Gasteiger partial charge in [0.15, 0.2) is 0 Å². The van der Waals surface area contributed by atoms with Gasteiger partial charge in [-0.1, -0.05) is 38.1 Å². The van der Waals surface area contributed by atoms with Crippen molar-refractivity contribution in [2.75, 3.05) is 0 Å². The first kappa shape index (κ1) is 20.7. The zero-order chi connectivity index (χ0) is 22.5. The topological polar surface area (TPSA) is 98.3 Å². The van der Waals surface area contributed by atoms with E-state index in [0.717, 1.165) is 29.1 Å². The van der Waals surface area contributed by atoms with E-state index in [2.05, 4.69) is 25.9 Å². The molecular weight excluding hydrogens is 406 g/mol. The van der Waals surface area contributed by atoms with E-state index in [-0.39, 0.29) is 23.2 Å². The van der Waals surface area contributed by atoms with Crippen molar-refractivity contribution in [1.29, 1.82) is 0 Å². The predicted molar refractivity (Wildman–Crippen MR) is 117 cm³/mol. The lowest BCUT2D eigenvalue weighted by Crippen LogP contribution is -2.32. The molecule has 7 heteroatoms. The van der Waals surface area contributed by atoms with Crippen molar-refractivity contribution < 1.29 is 19.2 Å². The predicted octanol–water partition coefficient (Wildman–Crippen LogP) is 4.83. The van der Waals surface area contributed by atoms with Crippen LogP contribution in [0.25, 0.3) is 0 Å². The van der Waals surface area contributed by atoms with Crippen molar-refractivity contribution in [1.82, 2.24) is 15.1 Å². The minimum atomic E-state index is -0.890. The summed E-state index contributed by atoms with van der Waals surface area (Å²) in [6.45, 7) is 7.33. The molecule has 2 heterocycles. The van der Waals surface area contributed by atoms with Gasteiger partial charge >= 0.3 is 5.97 Å². The lowest BCUT2D eigenvalue weighted by Gasteiger charge is -2.34. The van der Waals surface area contributed by atoms with Crippen LogP contribution < -0.4 is 4.74 Å². The van der Waals surface area contributed by atoms with Gasteiger partial charge in [0.25, 0.3) is 0 Å². The lowest BCUT2D eigenvalue weighted by atomic mass is 9.70. The third-order valence-electron chi connectivity index (χ3n) is 7.79. The first-order chi connectivity index (χ1) is 15.3. The van der Waals surface area contributed by atoms with Gasteiger partial charge in [0.1, 0.15) is 18.6 Å². The maximum Gasteiger partial charge on any atom is 0.304 e. The maximum absolute atomic E-state index is 11.3. The Labute approximate surface area is 186 Å². The molecular formula is C25H27N3O4. The quantitative estimate of drug-likeness (QED) is 0.570. The van der Waals surface area contributed by atoms with Gasteiger partial charge in [-0.15, -0.1) is 0 Å². The Morgan fingerprint density at radius 2 is 2.03 bits per heavy atom. The van der Waals surface area contributed by atoms with Crippen molar-refractivity contribution >= 4 is 5.97 Å². The Bertz CT molecular complexity index is 1140. The number of hydrogen-bond acceptors (Lipinski definition) is 6. The summed E-state index contributed by atoms with van der Waals surface area (Å²) < 4.78 is 10.9. The molecule has 166 valence electrons. The summed E-state index contributed by atoms with van der Waals surface area (Å²) in [5, 5.41) is 13.2. The third kappa shape index (κ3) is 3.18. The molecule has 0 amide bonds. The Hall–Kier alpha value is -3.22. The second-order valence-corrected chi connectivity index (χ2v) is 9.67. The standard InChI is InChI=1S/C25H27N3O4/c1-24(2)19-8-10-25(24,3)23-22(19)26-13-16(27-23)14-31-17-6-4-15(5-7-17)18(12-21(29)30)20-9-11-32-28-20/h4-7,9,11,13,18-19H,8,10,12,14H2,1-3H3,(H,29,30). The molecule has 1 saturated carbocycles. The van der Waals surface area contributed by atoms with E-state index in [9.17, 15) is 9.90 Å². The summed E-state index contributed by atoms with van der Waals surface area (Å²) >= 11 is 0. The summed E-state index contributed by atoms with van der Waals surface area (Å²) in [6.07, 6.45) is 5.56.